The van der Waals surface area contributed by atoms with Gasteiger partial charge in [0.1, 0.15) is 22.0 Å². The fourth-order valence-corrected chi connectivity index (χ4v) is 4.87. The molecule has 1 aliphatic rings. The first kappa shape index (κ1) is 21.4. The van der Waals surface area contributed by atoms with E-state index in [1.165, 1.54) is 17.7 Å². The van der Waals surface area contributed by atoms with Gasteiger partial charge in [-0.1, -0.05) is 11.3 Å². The number of nitrogens with zero attached hydrogens (tertiary/aromatic N) is 2. The highest BCUT2D eigenvalue weighted by Crippen LogP contribution is 2.33. The third kappa shape index (κ3) is 4.49. The number of hydrogen-bond donors (Lipinski definition) is 2. The molecular weight excluding hydrogens is 426 g/mol. The molecule has 1 aromatic heterocycles. The Morgan fingerprint density at radius 2 is 2.00 bits per heavy atom. The number of sulfonamides is 1. The van der Waals surface area contributed by atoms with E-state index in [2.05, 4.69) is 10.3 Å². The van der Waals surface area contributed by atoms with Gasteiger partial charge in [-0.05, 0) is 25.0 Å². The van der Waals surface area contributed by atoms with Crippen molar-refractivity contribution in [3.63, 3.8) is 0 Å². The third-order valence-corrected chi connectivity index (χ3v) is 6.92. The first-order valence-electron chi connectivity index (χ1n) is 8.66. The molecule has 158 valence electrons. The Balaban J connectivity index is 1.78. The highest BCUT2D eigenvalue weighted by atomic mass is 32.2. The standard InChI is InChI=1S/C17H20F2N4O4S2/c1-27-11-4-3-10(18)13(19)12(11)14(24)15-16(20)22-17(28-15)21-9-5-7-23(8-6-9)29(2,25)26/h3-4,9H,5-8,20H2,1-2H3,(H,21,22). The maximum absolute atomic E-state index is 14.2. The second-order valence-electron chi connectivity index (χ2n) is 6.58. The van der Waals surface area contributed by atoms with Crippen LogP contribution in [0.2, 0.25) is 0 Å². The minimum absolute atomic E-state index is 0.0381. The van der Waals surface area contributed by atoms with Crippen LogP contribution in [0.3, 0.4) is 0 Å². The van der Waals surface area contributed by atoms with Crippen molar-refractivity contribution in [2.45, 2.75) is 18.9 Å². The summed E-state index contributed by atoms with van der Waals surface area (Å²) in [6, 6.07) is 1.98. The maximum Gasteiger partial charge on any atom is 0.213 e. The fourth-order valence-electron chi connectivity index (χ4n) is 3.09. The van der Waals surface area contributed by atoms with E-state index in [-0.39, 0.29) is 22.5 Å². The van der Waals surface area contributed by atoms with E-state index in [9.17, 15) is 22.0 Å². The number of nitrogens with two attached hydrogens (primary N) is 1. The van der Waals surface area contributed by atoms with E-state index in [0.717, 1.165) is 23.5 Å². The molecule has 0 atom stereocenters. The number of anilines is 2. The van der Waals surface area contributed by atoms with Crippen LogP contribution < -0.4 is 15.8 Å². The number of nitrogens with one attached hydrogen (secondary N) is 1. The lowest BCUT2D eigenvalue weighted by Crippen LogP contribution is -2.41. The zero-order valence-corrected chi connectivity index (χ0v) is 17.4. The summed E-state index contributed by atoms with van der Waals surface area (Å²) < 4.78 is 57.4. The van der Waals surface area contributed by atoms with Gasteiger partial charge in [-0.15, -0.1) is 0 Å². The Bertz CT molecular complexity index is 1030. The molecule has 0 bridgehead atoms. The molecule has 3 rings (SSSR count). The molecule has 3 N–H and O–H groups in total. The predicted molar refractivity (Wildman–Crippen MR) is 106 cm³/mol. The summed E-state index contributed by atoms with van der Waals surface area (Å²) >= 11 is 0.923. The third-order valence-electron chi connectivity index (χ3n) is 4.61. The van der Waals surface area contributed by atoms with Crippen molar-refractivity contribution in [1.82, 2.24) is 9.29 Å². The van der Waals surface area contributed by atoms with Crippen LogP contribution in [0.1, 0.15) is 28.1 Å². The zero-order valence-electron chi connectivity index (χ0n) is 15.7. The molecular formula is C17H20F2N4O4S2. The van der Waals surface area contributed by atoms with Gasteiger partial charge in [0.25, 0.3) is 0 Å². The number of nitrogen functional groups attached to an aromatic ring is 1. The number of hydrogen-bond acceptors (Lipinski definition) is 8. The lowest BCUT2D eigenvalue weighted by molar-refractivity contribution is 0.103. The largest absolute Gasteiger partial charge is 0.496 e. The van der Waals surface area contributed by atoms with Gasteiger partial charge in [0.15, 0.2) is 16.8 Å². The average Bonchev–Trinajstić information content (AvgIpc) is 3.03. The van der Waals surface area contributed by atoms with Crippen LogP contribution in [-0.4, -0.2) is 56.0 Å². The van der Waals surface area contributed by atoms with Crippen molar-refractivity contribution in [2.24, 2.45) is 0 Å². The average molecular weight is 447 g/mol. The summed E-state index contributed by atoms with van der Waals surface area (Å²) in [6.45, 7) is 0.740. The molecule has 0 spiro atoms. The molecule has 12 heteroatoms. The van der Waals surface area contributed by atoms with Crippen molar-refractivity contribution in [2.75, 3.05) is 37.5 Å². The molecule has 0 radical (unpaired) electrons. The van der Waals surface area contributed by atoms with E-state index in [1.54, 1.807) is 0 Å². The molecule has 1 saturated heterocycles. The summed E-state index contributed by atoms with van der Waals surface area (Å²) in [5.74, 6) is -3.53. The SMILES string of the molecule is COc1ccc(F)c(F)c1C(=O)c1sc(NC2CCN(S(C)(=O)=O)CC2)nc1N. The highest BCUT2D eigenvalue weighted by molar-refractivity contribution is 7.88. The Morgan fingerprint density at radius 3 is 2.59 bits per heavy atom. The number of ketones is 1. The monoisotopic (exact) mass is 446 g/mol. The number of piperidine rings is 1. The van der Waals surface area contributed by atoms with Crippen molar-refractivity contribution in [1.29, 1.82) is 0 Å². The van der Waals surface area contributed by atoms with Crippen molar-refractivity contribution < 1.29 is 26.7 Å². The number of ether oxygens (including phenoxy) is 1. The molecule has 2 aromatic rings. The molecule has 0 aliphatic carbocycles. The fraction of sp³-hybridized carbons (Fsp3) is 0.412. The van der Waals surface area contributed by atoms with Crippen LogP contribution in [-0.2, 0) is 10.0 Å². The number of methoxy groups -OCH3 is 1. The molecule has 8 nitrogen and oxygen atoms in total. The Hall–Kier alpha value is -2.31. The minimum atomic E-state index is -3.23. The number of aromatic nitrogens is 1. The van der Waals surface area contributed by atoms with E-state index in [0.29, 0.717) is 31.1 Å². The van der Waals surface area contributed by atoms with Crippen molar-refractivity contribution in [3.8, 4) is 5.75 Å². The predicted octanol–water partition coefficient (Wildman–Crippen LogP) is 2.08. The van der Waals surface area contributed by atoms with Gasteiger partial charge in [0.05, 0.1) is 13.4 Å². The molecule has 0 unspecified atom stereocenters. The quantitative estimate of drug-likeness (QED) is 0.653. The van der Waals surface area contributed by atoms with Gasteiger partial charge < -0.3 is 15.8 Å². The van der Waals surface area contributed by atoms with Crippen LogP contribution in [0.15, 0.2) is 12.1 Å². The maximum atomic E-state index is 14.2. The summed E-state index contributed by atoms with van der Waals surface area (Å²) in [7, 11) is -1.99. The van der Waals surface area contributed by atoms with E-state index >= 15 is 0 Å². The second-order valence-corrected chi connectivity index (χ2v) is 9.56. The molecule has 2 heterocycles. The second kappa shape index (κ2) is 8.20. The summed E-state index contributed by atoms with van der Waals surface area (Å²) in [4.78, 5) is 16.8. The number of thiazole rings is 1. The number of carbonyl (C=O) groups is 1. The topological polar surface area (TPSA) is 115 Å². The number of benzene rings is 1. The van der Waals surface area contributed by atoms with Crippen LogP contribution in [0.5, 0.6) is 5.75 Å². The summed E-state index contributed by atoms with van der Waals surface area (Å²) in [6.07, 6.45) is 2.28. The molecule has 29 heavy (non-hydrogen) atoms. The van der Waals surface area contributed by atoms with Crippen molar-refractivity contribution in [3.05, 3.63) is 34.2 Å². The van der Waals surface area contributed by atoms with E-state index in [4.69, 9.17) is 10.5 Å². The van der Waals surface area contributed by atoms with Gasteiger partial charge in [-0.25, -0.2) is 26.5 Å². The van der Waals surface area contributed by atoms with Gasteiger partial charge >= 0.3 is 0 Å². The van der Waals surface area contributed by atoms with E-state index in [1.807, 2.05) is 0 Å². The van der Waals surface area contributed by atoms with Crippen LogP contribution in [0.25, 0.3) is 0 Å². The molecule has 1 aromatic carbocycles. The lowest BCUT2D eigenvalue weighted by atomic mass is 10.1. The normalized spacial score (nSPS) is 16.0. The first-order valence-corrected chi connectivity index (χ1v) is 11.3. The Labute approximate surface area is 170 Å². The number of carbonyl (C=O) groups excluding carboxylic acids is 1. The summed E-state index contributed by atoms with van der Waals surface area (Å²) in [5.41, 5.74) is 5.29. The minimum Gasteiger partial charge on any atom is -0.496 e. The smallest absolute Gasteiger partial charge is 0.213 e. The Morgan fingerprint density at radius 1 is 1.34 bits per heavy atom. The number of halogens is 2. The lowest BCUT2D eigenvalue weighted by Gasteiger charge is -2.30. The molecule has 0 amide bonds. The Kier molecular flexibility index (Phi) is 6.05. The van der Waals surface area contributed by atoms with Gasteiger partial charge in [0.2, 0.25) is 15.8 Å². The van der Waals surface area contributed by atoms with Crippen LogP contribution in [0.4, 0.5) is 19.7 Å². The first-order chi connectivity index (χ1) is 13.6. The van der Waals surface area contributed by atoms with Crippen molar-refractivity contribution >= 4 is 38.1 Å². The highest BCUT2D eigenvalue weighted by Gasteiger charge is 2.28. The van der Waals surface area contributed by atoms with E-state index < -0.39 is 33.0 Å². The zero-order chi connectivity index (χ0) is 21.3. The van der Waals surface area contributed by atoms with Gasteiger partial charge in [0, 0.05) is 19.1 Å². The van der Waals surface area contributed by atoms with Crippen LogP contribution >= 0.6 is 11.3 Å². The van der Waals surface area contributed by atoms with Crippen LogP contribution in [0, 0.1) is 11.6 Å². The molecule has 1 fully saturated rings. The van der Waals surface area contributed by atoms with Gasteiger partial charge in [-0.2, -0.15) is 0 Å². The molecule has 1 aliphatic heterocycles. The summed E-state index contributed by atoms with van der Waals surface area (Å²) in [5, 5.41) is 3.48. The number of rotatable bonds is 6. The molecule has 0 saturated carbocycles. The van der Waals surface area contributed by atoms with Gasteiger partial charge in [-0.3, -0.25) is 4.79 Å².